The molecule has 2 aromatic rings. The van der Waals surface area contributed by atoms with Crippen LogP contribution in [0.4, 0.5) is 10.8 Å². The molecule has 0 aliphatic rings. The molecule has 1 aromatic heterocycles. The van der Waals surface area contributed by atoms with Crippen LogP contribution in [0, 0.1) is 0 Å². The zero-order valence-corrected chi connectivity index (χ0v) is 16.4. The van der Waals surface area contributed by atoms with Gasteiger partial charge in [-0.05, 0) is 30.9 Å². The van der Waals surface area contributed by atoms with Crippen LogP contribution < -0.4 is 10.6 Å². The number of hydrogen-bond donors (Lipinski definition) is 2. The van der Waals surface area contributed by atoms with Crippen molar-refractivity contribution in [2.24, 2.45) is 0 Å². The van der Waals surface area contributed by atoms with Crippen molar-refractivity contribution in [1.29, 1.82) is 0 Å². The topological polar surface area (TPSA) is 66.9 Å². The molecule has 0 radical (unpaired) electrons. The number of amides is 1. The summed E-state index contributed by atoms with van der Waals surface area (Å²) in [6.07, 6.45) is 2.79. The van der Waals surface area contributed by atoms with E-state index >= 15 is 0 Å². The van der Waals surface area contributed by atoms with Crippen LogP contribution in [0.3, 0.4) is 0 Å². The van der Waals surface area contributed by atoms with Gasteiger partial charge < -0.3 is 10.6 Å². The van der Waals surface area contributed by atoms with Gasteiger partial charge in [-0.3, -0.25) is 4.79 Å². The average molecular weight is 377 g/mol. The van der Waals surface area contributed by atoms with Crippen molar-refractivity contribution in [2.45, 2.75) is 42.7 Å². The molecule has 0 bridgehead atoms. The van der Waals surface area contributed by atoms with Crippen LogP contribution in [0.5, 0.6) is 0 Å². The number of para-hydroxylation sites is 1. The fourth-order valence-electron chi connectivity index (χ4n) is 2.19. The maximum Gasteiger partial charge on any atom is 0.237 e. The number of benzene rings is 1. The average Bonchev–Trinajstić information content (AvgIpc) is 3.07. The predicted octanol–water partition coefficient (Wildman–Crippen LogP) is 4.77. The van der Waals surface area contributed by atoms with Crippen LogP contribution in [0.1, 0.15) is 38.7 Å². The maximum absolute atomic E-state index is 12.6. The Morgan fingerprint density at radius 1 is 1.36 bits per heavy atom. The second-order valence-electron chi connectivity index (χ2n) is 5.69. The number of aromatic nitrogens is 2. The Morgan fingerprint density at radius 2 is 2.12 bits per heavy atom. The van der Waals surface area contributed by atoms with Gasteiger partial charge in [-0.15, -0.1) is 16.8 Å². The summed E-state index contributed by atoms with van der Waals surface area (Å²) in [6, 6.07) is 7.98. The summed E-state index contributed by atoms with van der Waals surface area (Å²) >= 11 is 2.85. The molecule has 0 aliphatic heterocycles. The van der Waals surface area contributed by atoms with E-state index in [2.05, 4.69) is 47.3 Å². The Morgan fingerprint density at radius 3 is 2.84 bits per heavy atom. The van der Waals surface area contributed by atoms with Crippen molar-refractivity contribution >= 4 is 39.8 Å². The van der Waals surface area contributed by atoms with Crippen molar-refractivity contribution in [3.63, 3.8) is 0 Å². The fourth-order valence-corrected chi connectivity index (χ4v) is 4.09. The third kappa shape index (κ3) is 5.57. The number of nitrogens with one attached hydrogen (secondary N) is 2. The summed E-state index contributed by atoms with van der Waals surface area (Å²) in [5.74, 6) is 0.373. The Labute approximate surface area is 157 Å². The standard InChI is InChI=1S/C18H24N4OS2/c1-5-11-19-17-21-22-18(25-17)24-13(4)16(23)20-15-10-8-7-9-14(15)12(3)6-2/h5,7-10,12-13H,1,6,11H2,2-4H3,(H,19,21)(H,20,23)/t12-,13+/m0/s1. The van der Waals surface area contributed by atoms with E-state index in [0.717, 1.165) is 21.6 Å². The summed E-state index contributed by atoms with van der Waals surface area (Å²) in [5, 5.41) is 14.8. The summed E-state index contributed by atoms with van der Waals surface area (Å²) < 4.78 is 0.768. The van der Waals surface area contributed by atoms with Gasteiger partial charge in [0.05, 0.1) is 5.25 Å². The van der Waals surface area contributed by atoms with Gasteiger partial charge in [0.1, 0.15) is 0 Å². The van der Waals surface area contributed by atoms with E-state index in [-0.39, 0.29) is 11.2 Å². The first-order valence-corrected chi connectivity index (χ1v) is 9.99. The van der Waals surface area contributed by atoms with Gasteiger partial charge in [-0.1, -0.05) is 61.2 Å². The highest BCUT2D eigenvalue weighted by atomic mass is 32.2. The molecule has 0 saturated carbocycles. The molecule has 0 aliphatic carbocycles. The van der Waals surface area contributed by atoms with Gasteiger partial charge in [0, 0.05) is 12.2 Å². The number of anilines is 2. The lowest BCUT2D eigenvalue weighted by Gasteiger charge is -2.17. The number of carbonyl (C=O) groups excluding carboxylic acids is 1. The minimum atomic E-state index is -0.259. The van der Waals surface area contributed by atoms with Crippen LogP contribution >= 0.6 is 23.1 Å². The Kier molecular flexibility index (Phi) is 7.46. The lowest BCUT2D eigenvalue weighted by atomic mass is 9.97. The van der Waals surface area contributed by atoms with Crippen LogP contribution in [0.2, 0.25) is 0 Å². The van der Waals surface area contributed by atoms with E-state index in [0.29, 0.717) is 12.5 Å². The molecule has 0 fully saturated rings. The molecule has 1 amide bonds. The normalized spacial score (nSPS) is 13.1. The summed E-state index contributed by atoms with van der Waals surface area (Å²) in [5.41, 5.74) is 2.06. The van der Waals surface area contributed by atoms with Crippen LogP contribution in [-0.4, -0.2) is 27.9 Å². The van der Waals surface area contributed by atoms with Gasteiger partial charge in [0.25, 0.3) is 0 Å². The van der Waals surface area contributed by atoms with Gasteiger partial charge in [-0.25, -0.2) is 0 Å². The minimum Gasteiger partial charge on any atom is -0.357 e. The highest BCUT2D eigenvalue weighted by Crippen LogP contribution is 2.31. The molecule has 0 unspecified atom stereocenters. The highest BCUT2D eigenvalue weighted by Gasteiger charge is 2.19. The predicted molar refractivity (Wildman–Crippen MR) is 108 cm³/mol. The van der Waals surface area contributed by atoms with Crippen LogP contribution in [-0.2, 0) is 4.79 Å². The molecule has 7 heteroatoms. The molecule has 5 nitrogen and oxygen atoms in total. The van der Waals surface area contributed by atoms with Crippen LogP contribution in [0.15, 0.2) is 41.3 Å². The minimum absolute atomic E-state index is 0.0310. The molecule has 2 rings (SSSR count). The largest absolute Gasteiger partial charge is 0.357 e. The van der Waals surface area contributed by atoms with Crippen molar-refractivity contribution in [3.05, 3.63) is 42.5 Å². The van der Waals surface area contributed by atoms with Gasteiger partial charge in [0.15, 0.2) is 4.34 Å². The van der Waals surface area contributed by atoms with E-state index in [9.17, 15) is 4.79 Å². The third-order valence-corrected chi connectivity index (χ3v) is 5.88. The summed E-state index contributed by atoms with van der Waals surface area (Å²) in [6.45, 7) is 10.5. The smallest absolute Gasteiger partial charge is 0.237 e. The Balaban J connectivity index is 1.99. The van der Waals surface area contributed by atoms with Crippen molar-refractivity contribution in [3.8, 4) is 0 Å². The van der Waals surface area contributed by atoms with Gasteiger partial charge >= 0.3 is 0 Å². The Hall–Kier alpha value is -1.86. The Bertz CT molecular complexity index is 717. The molecule has 2 N–H and O–H groups in total. The quantitative estimate of drug-likeness (QED) is 0.487. The second kappa shape index (κ2) is 9.58. The van der Waals surface area contributed by atoms with Crippen molar-refractivity contribution in [1.82, 2.24) is 10.2 Å². The third-order valence-electron chi connectivity index (χ3n) is 3.81. The lowest BCUT2D eigenvalue weighted by Crippen LogP contribution is -2.23. The van der Waals surface area contributed by atoms with E-state index < -0.39 is 0 Å². The second-order valence-corrected chi connectivity index (χ2v) is 8.25. The zero-order chi connectivity index (χ0) is 18.2. The van der Waals surface area contributed by atoms with E-state index in [1.54, 1.807) is 6.08 Å². The number of nitrogens with zero attached hydrogens (tertiary/aromatic N) is 2. The van der Waals surface area contributed by atoms with Gasteiger partial charge in [-0.2, -0.15) is 0 Å². The van der Waals surface area contributed by atoms with Crippen molar-refractivity contribution in [2.75, 3.05) is 17.2 Å². The van der Waals surface area contributed by atoms with Gasteiger partial charge in [0.2, 0.25) is 11.0 Å². The van der Waals surface area contributed by atoms with Crippen LogP contribution in [0.25, 0.3) is 0 Å². The lowest BCUT2D eigenvalue weighted by molar-refractivity contribution is -0.115. The zero-order valence-electron chi connectivity index (χ0n) is 14.8. The van der Waals surface area contributed by atoms with E-state index in [4.69, 9.17) is 0 Å². The number of carbonyl (C=O) groups is 1. The molecular formula is C18H24N4OS2. The number of hydrogen-bond acceptors (Lipinski definition) is 6. The molecule has 0 spiro atoms. The molecule has 25 heavy (non-hydrogen) atoms. The van der Waals surface area contributed by atoms with E-state index in [1.165, 1.54) is 28.7 Å². The number of thioether (sulfide) groups is 1. The monoisotopic (exact) mass is 376 g/mol. The van der Waals surface area contributed by atoms with Crippen molar-refractivity contribution < 1.29 is 4.79 Å². The van der Waals surface area contributed by atoms with E-state index in [1.807, 2.05) is 25.1 Å². The first-order chi connectivity index (χ1) is 12.0. The number of rotatable bonds is 9. The molecule has 2 atom stereocenters. The maximum atomic E-state index is 12.6. The first kappa shape index (κ1) is 19.5. The molecule has 1 aromatic carbocycles. The summed E-state index contributed by atoms with van der Waals surface area (Å²) in [7, 11) is 0. The summed E-state index contributed by atoms with van der Waals surface area (Å²) in [4.78, 5) is 12.6. The molecule has 134 valence electrons. The first-order valence-electron chi connectivity index (χ1n) is 8.29. The SMILES string of the molecule is C=CCNc1nnc(S[C@H](C)C(=O)Nc2ccccc2[C@@H](C)CC)s1. The molecule has 1 heterocycles. The molecular weight excluding hydrogens is 352 g/mol. The molecule has 0 saturated heterocycles. The highest BCUT2D eigenvalue weighted by molar-refractivity contribution is 8.02. The fraction of sp³-hybridized carbons (Fsp3) is 0.389.